The number of nitrogens with zero attached hydrogens (tertiary/aromatic N) is 2. The summed E-state index contributed by atoms with van der Waals surface area (Å²) < 4.78 is 0. The summed E-state index contributed by atoms with van der Waals surface area (Å²) in [7, 11) is 0. The van der Waals surface area contributed by atoms with E-state index in [1.165, 1.54) is 12.1 Å². The van der Waals surface area contributed by atoms with E-state index in [0.717, 1.165) is 17.2 Å². The predicted molar refractivity (Wildman–Crippen MR) is 97.2 cm³/mol. The van der Waals surface area contributed by atoms with E-state index < -0.39 is 11.9 Å². The molecule has 0 aliphatic carbocycles. The van der Waals surface area contributed by atoms with Gasteiger partial charge in [0, 0.05) is 24.8 Å². The van der Waals surface area contributed by atoms with Crippen molar-refractivity contribution in [2.75, 3.05) is 0 Å². The minimum absolute atomic E-state index is 0. The molecule has 28 heavy (non-hydrogen) atoms. The third-order valence-corrected chi connectivity index (χ3v) is 3.39. The van der Waals surface area contributed by atoms with Gasteiger partial charge in [0.25, 0.3) is 0 Å². The maximum absolute atomic E-state index is 10.4. The van der Waals surface area contributed by atoms with Crippen molar-refractivity contribution < 1.29 is 47.1 Å². The Labute approximate surface area is 182 Å². The van der Waals surface area contributed by atoms with Crippen LogP contribution in [0.3, 0.4) is 0 Å². The van der Waals surface area contributed by atoms with E-state index in [-0.39, 0.29) is 38.4 Å². The van der Waals surface area contributed by atoms with Gasteiger partial charge in [0.05, 0.1) is 11.9 Å². The number of carbonyl (C=O) groups is 2. The normalized spacial score (nSPS) is 9.75. The van der Waals surface area contributed by atoms with E-state index in [9.17, 15) is 19.8 Å². The maximum Gasteiger partial charge on any atom is 2.00 e. The molecule has 0 saturated carbocycles. The molecule has 0 fully saturated rings. The number of carboxylic acid groups (broad SMARTS) is 2. The standard InChI is InChI=1S/C12H10N2.C9H8O4.Cd/c1-3-11(9-13-7-1)5-6-12-4-2-8-14-10-12;1-5-2-6(8(10)11)4-7(3-5)9(12)13;/h1-10H;2-4H,1H3,(H,10,11)(H,12,13);/q;;+2/p-2. The number of aromatic nitrogens is 2. The number of aryl methyl sites for hydroxylation is 1. The van der Waals surface area contributed by atoms with Gasteiger partial charge < -0.3 is 19.8 Å². The number of hydrogen-bond acceptors (Lipinski definition) is 6. The molecule has 3 rings (SSSR count). The summed E-state index contributed by atoms with van der Waals surface area (Å²) in [5.74, 6) is -2.79. The molecule has 0 unspecified atom stereocenters. The second kappa shape index (κ2) is 11.8. The van der Waals surface area contributed by atoms with Gasteiger partial charge in [-0.1, -0.05) is 36.4 Å². The summed E-state index contributed by atoms with van der Waals surface area (Å²) in [4.78, 5) is 28.9. The molecular weight excluding hydrogens is 457 g/mol. The molecular formula is C21H16CdN2O4. The van der Waals surface area contributed by atoms with Gasteiger partial charge in [0.1, 0.15) is 0 Å². The molecule has 6 nitrogen and oxygen atoms in total. The Morgan fingerprint density at radius 2 is 1.25 bits per heavy atom. The summed E-state index contributed by atoms with van der Waals surface area (Å²) in [5.41, 5.74) is 2.42. The first-order valence-corrected chi connectivity index (χ1v) is 7.98. The number of hydrogen-bond donors (Lipinski definition) is 0. The van der Waals surface area contributed by atoms with E-state index in [1.807, 2.05) is 48.8 Å². The fraction of sp³-hybridized carbons (Fsp3) is 0.0476. The summed E-state index contributed by atoms with van der Waals surface area (Å²) in [6.45, 7) is 1.60. The molecule has 2 heterocycles. The summed E-state index contributed by atoms with van der Waals surface area (Å²) in [6, 6.07) is 11.5. The Morgan fingerprint density at radius 1 is 0.821 bits per heavy atom. The van der Waals surface area contributed by atoms with Crippen molar-refractivity contribution in [1.29, 1.82) is 0 Å². The molecule has 0 amide bonds. The number of rotatable bonds is 4. The number of carboxylic acids is 2. The maximum atomic E-state index is 10.4. The SMILES string of the molecule is C(=Cc1cccnc1)c1cccnc1.Cc1cc(C(=O)[O-])cc(C(=O)[O-])c1.[Cd+2]. The van der Waals surface area contributed by atoms with E-state index >= 15 is 0 Å². The van der Waals surface area contributed by atoms with Crippen LogP contribution in [-0.2, 0) is 27.3 Å². The first kappa shape index (κ1) is 23.2. The molecule has 0 radical (unpaired) electrons. The van der Waals surface area contributed by atoms with Crippen molar-refractivity contribution >= 4 is 24.1 Å². The van der Waals surface area contributed by atoms with Gasteiger partial charge in [-0.25, -0.2) is 0 Å². The molecule has 0 aliphatic heterocycles. The van der Waals surface area contributed by atoms with E-state index in [1.54, 1.807) is 19.3 Å². The Kier molecular flexibility index (Phi) is 9.72. The van der Waals surface area contributed by atoms with Crippen molar-refractivity contribution in [2.45, 2.75) is 6.92 Å². The van der Waals surface area contributed by atoms with E-state index in [2.05, 4.69) is 9.97 Å². The molecule has 7 heteroatoms. The Balaban J connectivity index is 0.000000271. The van der Waals surface area contributed by atoms with Gasteiger partial charge in [-0.05, 0) is 52.9 Å². The number of pyridine rings is 2. The molecule has 0 aliphatic rings. The van der Waals surface area contributed by atoms with Crippen molar-refractivity contribution in [3.05, 3.63) is 95.1 Å². The van der Waals surface area contributed by atoms with Gasteiger partial charge in [0.15, 0.2) is 0 Å². The second-order valence-electron chi connectivity index (χ2n) is 5.57. The summed E-state index contributed by atoms with van der Waals surface area (Å²) in [5, 5.41) is 20.8. The van der Waals surface area contributed by atoms with Gasteiger partial charge >= 0.3 is 27.3 Å². The van der Waals surface area contributed by atoms with Gasteiger partial charge in [-0.2, -0.15) is 0 Å². The molecule has 2 aromatic heterocycles. The molecule has 3 aromatic rings. The first-order chi connectivity index (χ1) is 13.0. The second-order valence-corrected chi connectivity index (χ2v) is 5.57. The van der Waals surface area contributed by atoms with Gasteiger partial charge in [0.2, 0.25) is 0 Å². The molecule has 0 atom stereocenters. The smallest absolute Gasteiger partial charge is 0.545 e. The van der Waals surface area contributed by atoms with Crippen LogP contribution < -0.4 is 10.2 Å². The number of benzene rings is 1. The van der Waals surface area contributed by atoms with Crippen LogP contribution in [0, 0.1) is 6.92 Å². The molecule has 1 aromatic carbocycles. The topological polar surface area (TPSA) is 106 Å². The third-order valence-electron chi connectivity index (χ3n) is 3.39. The zero-order valence-corrected chi connectivity index (χ0v) is 19.3. The van der Waals surface area contributed by atoms with E-state index in [4.69, 9.17) is 0 Å². The largest absolute Gasteiger partial charge is 2.00 e. The summed E-state index contributed by atoms with van der Waals surface area (Å²) >= 11 is 0. The van der Waals surface area contributed by atoms with Crippen LogP contribution in [0.5, 0.6) is 0 Å². The van der Waals surface area contributed by atoms with Crippen molar-refractivity contribution in [2.24, 2.45) is 0 Å². The first-order valence-electron chi connectivity index (χ1n) is 7.98. The van der Waals surface area contributed by atoms with Crippen LogP contribution in [0.2, 0.25) is 0 Å². The van der Waals surface area contributed by atoms with Crippen LogP contribution in [0.4, 0.5) is 0 Å². The van der Waals surface area contributed by atoms with Crippen LogP contribution >= 0.6 is 0 Å². The average molecular weight is 473 g/mol. The Bertz CT molecular complexity index is 871. The molecule has 0 N–H and O–H groups in total. The average Bonchev–Trinajstić information content (AvgIpc) is 2.68. The zero-order chi connectivity index (χ0) is 19.6. The molecule has 0 spiro atoms. The molecule has 0 saturated heterocycles. The Hall–Kier alpha value is -2.88. The van der Waals surface area contributed by atoms with Crippen molar-refractivity contribution in [1.82, 2.24) is 9.97 Å². The van der Waals surface area contributed by atoms with Crippen LogP contribution in [0.15, 0.2) is 67.3 Å². The van der Waals surface area contributed by atoms with Crippen LogP contribution in [0.1, 0.15) is 37.4 Å². The minimum Gasteiger partial charge on any atom is -0.545 e. The van der Waals surface area contributed by atoms with Crippen LogP contribution in [0.25, 0.3) is 12.2 Å². The van der Waals surface area contributed by atoms with Crippen LogP contribution in [-0.4, -0.2) is 21.9 Å². The molecule has 136 valence electrons. The number of carbonyl (C=O) groups excluding carboxylic acids is 2. The van der Waals surface area contributed by atoms with Crippen molar-refractivity contribution in [3.63, 3.8) is 0 Å². The number of aromatic carboxylic acids is 2. The zero-order valence-electron chi connectivity index (χ0n) is 15.2. The van der Waals surface area contributed by atoms with E-state index in [0.29, 0.717) is 5.56 Å². The Morgan fingerprint density at radius 3 is 1.57 bits per heavy atom. The summed E-state index contributed by atoms with van der Waals surface area (Å²) in [6.07, 6.45) is 11.2. The minimum atomic E-state index is -1.40. The van der Waals surface area contributed by atoms with Gasteiger partial charge in [-0.15, -0.1) is 0 Å². The quantitative estimate of drug-likeness (QED) is 0.531. The monoisotopic (exact) mass is 474 g/mol. The predicted octanol–water partition coefficient (Wildman–Crippen LogP) is 1.37. The van der Waals surface area contributed by atoms with Gasteiger partial charge in [-0.3, -0.25) is 9.97 Å². The fourth-order valence-electron chi connectivity index (χ4n) is 2.16. The fourth-order valence-corrected chi connectivity index (χ4v) is 2.16. The van der Waals surface area contributed by atoms with Crippen molar-refractivity contribution in [3.8, 4) is 0 Å². The molecule has 0 bridgehead atoms. The third kappa shape index (κ3) is 7.79.